The van der Waals surface area contributed by atoms with Crippen LogP contribution in [0, 0.1) is 5.41 Å². The summed E-state index contributed by atoms with van der Waals surface area (Å²) in [4.78, 5) is 0. The summed E-state index contributed by atoms with van der Waals surface area (Å²) >= 11 is 6.15. The minimum absolute atomic E-state index is 0.360. The van der Waals surface area contributed by atoms with Crippen molar-refractivity contribution >= 4 is 11.6 Å². The molecular weight excluding hydrogens is 192 g/mol. The van der Waals surface area contributed by atoms with Gasteiger partial charge < -0.3 is 0 Å². The molecule has 0 saturated carbocycles. The van der Waals surface area contributed by atoms with Crippen molar-refractivity contribution in [3.8, 4) is 0 Å². The predicted molar refractivity (Wildman–Crippen MR) is 63.9 cm³/mol. The summed E-state index contributed by atoms with van der Waals surface area (Å²) in [6, 6.07) is 8.13. The van der Waals surface area contributed by atoms with E-state index in [-0.39, 0.29) is 0 Å². The zero-order chi connectivity index (χ0) is 10.8. The number of rotatable bonds is 2. The Bertz CT molecular complexity index is 296. The third-order valence-electron chi connectivity index (χ3n) is 2.35. The minimum Gasteiger partial charge on any atom is -0.0840 e. The number of hydrogen-bond acceptors (Lipinski definition) is 0. The quantitative estimate of drug-likeness (QED) is 0.653. The van der Waals surface area contributed by atoms with E-state index in [0.717, 1.165) is 11.4 Å². The average molecular weight is 211 g/mol. The van der Waals surface area contributed by atoms with Gasteiger partial charge in [0.15, 0.2) is 0 Å². The summed E-state index contributed by atoms with van der Waals surface area (Å²) < 4.78 is 0. The maximum absolute atomic E-state index is 6.15. The lowest BCUT2D eigenvalue weighted by Crippen LogP contribution is -2.10. The van der Waals surface area contributed by atoms with Crippen LogP contribution in [0.15, 0.2) is 24.3 Å². The Morgan fingerprint density at radius 1 is 1.21 bits per heavy atom. The van der Waals surface area contributed by atoms with E-state index in [9.17, 15) is 0 Å². The van der Waals surface area contributed by atoms with Crippen LogP contribution in [-0.2, 0) is 0 Å². The van der Waals surface area contributed by atoms with Gasteiger partial charge in [-0.25, -0.2) is 0 Å². The molecule has 1 aromatic rings. The summed E-state index contributed by atoms with van der Waals surface area (Å²) in [5.41, 5.74) is 1.63. The molecule has 1 atom stereocenters. The molecule has 0 spiro atoms. The molecule has 1 aromatic carbocycles. The molecule has 14 heavy (non-hydrogen) atoms. The third-order valence-corrected chi connectivity index (χ3v) is 2.70. The molecule has 1 rings (SSSR count). The average Bonchev–Trinajstić information content (AvgIpc) is 2.01. The lowest BCUT2D eigenvalue weighted by atomic mass is 9.82. The molecule has 0 aromatic heterocycles. The number of hydrogen-bond donors (Lipinski definition) is 0. The van der Waals surface area contributed by atoms with Gasteiger partial charge >= 0.3 is 0 Å². The highest BCUT2D eigenvalue weighted by atomic mass is 35.5. The molecule has 0 bridgehead atoms. The summed E-state index contributed by atoms with van der Waals surface area (Å²) in [5, 5.41) is 0.893. The fourth-order valence-corrected chi connectivity index (χ4v) is 2.23. The van der Waals surface area contributed by atoms with Crippen LogP contribution in [0.2, 0.25) is 5.02 Å². The van der Waals surface area contributed by atoms with Crippen LogP contribution in [0.1, 0.15) is 45.6 Å². The molecular formula is C13H19Cl. The van der Waals surface area contributed by atoms with Crippen molar-refractivity contribution in [1.82, 2.24) is 0 Å². The summed E-state index contributed by atoms with van der Waals surface area (Å²) in [5.74, 6) is 0.531. The molecule has 0 amide bonds. The maximum Gasteiger partial charge on any atom is 0.0440 e. The standard InChI is InChI=1S/C13H19Cl/c1-10(9-13(2,3)4)11-7-5-6-8-12(11)14/h5-8,10H,9H2,1-4H3/t10-/m1/s1. The fraction of sp³-hybridized carbons (Fsp3) is 0.538. The van der Waals surface area contributed by atoms with Gasteiger partial charge in [-0.05, 0) is 29.4 Å². The second-order valence-electron chi connectivity index (χ2n) is 5.19. The van der Waals surface area contributed by atoms with E-state index < -0.39 is 0 Å². The molecule has 0 unspecified atom stereocenters. The Balaban J connectivity index is 2.80. The second kappa shape index (κ2) is 4.35. The van der Waals surface area contributed by atoms with Crippen LogP contribution in [0.3, 0.4) is 0 Å². The van der Waals surface area contributed by atoms with E-state index in [4.69, 9.17) is 11.6 Å². The van der Waals surface area contributed by atoms with Crippen molar-refractivity contribution in [2.45, 2.75) is 40.0 Å². The Morgan fingerprint density at radius 2 is 1.79 bits per heavy atom. The molecule has 0 aliphatic heterocycles. The zero-order valence-corrected chi connectivity index (χ0v) is 10.2. The highest BCUT2D eigenvalue weighted by Gasteiger charge is 2.17. The first-order chi connectivity index (χ1) is 6.40. The van der Waals surface area contributed by atoms with E-state index in [1.54, 1.807) is 0 Å². The van der Waals surface area contributed by atoms with E-state index in [1.807, 2.05) is 12.1 Å². The van der Waals surface area contributed by atoms with Gasteiger partial charge in [0.1, 0.15) is 0 Å². The van der Waals surface area contributed by atoms with Crippen LogP contribution < -0.4 is 0 Å². The second-order valence-corrected chi connectivity index (χ2v) is 5.59. The Kier molecular flexibility index (Phi) is 3.60. The smallest absolute Gasteiger partial charge is 0.0440 e. The van der Waals surface area contributed by atoms with Gasteiger partial charge in [0.05, 0.1) is 0 Å². The van der Waals surface area contributed by atoms with Crippen molar-refractivity contribution in [2.24, 2.45) is 5.41 Å². The zero-order valence-electron chi connectivity index (χ0n) is 9.47. The van der Waals surface area contributed by atoms with Gasteiger partial charge in [0, 0.05) is 5.02 Å². The Labute approximate surface area is 92.3 Å². The minimum atomic E-state index is 0.360. The van der Waals surface area contributed by atoms with Gasteiger partial charge in [-0.1, -0.05) is 57.5 Å². The van der Waals surface area contributed by atoms with Crippen LogP contribution in [-0.4, -0.2) is 0 Å². The molecule has 1 heteroatoms. The van der Waals surface area contributed by atoms with Crippen LogP contribution in [0.25, 0.3) is 0 Å². The highest BCUT2D eigenvalue weighted by Crippen LogP contribution is 2.33. The van der Waals surface area contributed by atoms with Gasteiger partial charge in [-0.3, -0.25) is 0 Å². The Morgan fingerprint density at radius 3 is 2.29 bits per heavy atom. The van der Waals surface area contributed by atoms with E-state index in [1.165, 1.54) is 5.56 Å². The molecule has 0 saturated heterocycles. The fourth-order valence-electron chi connectivity index (χ4n) is 1.90. The first kappa shape index (κ1) is 11.6. The first-order valence-electron chi connectivity index (χ1n) is 5.14. The van der Waals surface area contributed by atoms with Crippen molar-refractivity contribution < 1.29 is 0 Å². The summed E-state index contributed by atoms with van der Waals surface area (Å²) in [7, 11) is 0. The molecule has 0 aliphatic carbocycles. The van der Waals surface area contributed by atoms with Gasteiger partial charge in [0.25, 0.3) is 0 Å². The molecule has 0 aliphatic rings. The van der Waals surface area contributed by atoms with Gasteiger partial charge in [-0.2, -0.15) is 0 Å². The normalized spacial score (nSPS) is 14.1. The SMILES string of the molecule is C[C@H](CC(C)(C)C)c1ccccc1Cl. The first-order valence-corrected chi connectivity index (χ1v) is 5.52. The van der Waals surface area contributed by atoms with E-state index in [0.29, 0.717) is 11.3 Å². The van der Waals surface area contributed by atoms with Crippen molar-refractivity contribution in [3.05, 3.63) is 34.9 Å². The summed E-state index contributed by atoms with van der Waals surface area (Å²) in [6.45, 7) is 9.04. The van der Waals surface area contributed by atoms with E-state index >= 15 is 0 Å². The molecule has 0 N–H and O–H groups in total. The summed E-state index contributed by atoms with van der Waals surface area (Å²) in [6.07, 6.45) is 1.16. The number of benzene rings is 1. The van der Waals surface area contributed by atoms with Gasteiger partial charge in [0.2, 0.25) is 0 Å². The van der Waals surface area contributed by atoms with Crippen LogP contribution in [0.5, 0.6) is 0 Å². The highest BCUT2D eigenvalue weighted by molar-refractivity contribution is 6.31. The van der Waals surface area contributed by atoms with Crippen molar-refractivity contribution in [2.75, 3.05) is 0 Å². The lowest BCUT2D eigenvalue weighted by molar-refractivity contribution is 0.349. The molecule has 0 nitrogen and oxygen atoms in total. The third kappa shape index (κ3) is 3.34. The van der Waals surface area contributed by atoms with Crippen molar-refractivity contribution in [1.29, 1.82) is 0 Å². The van der Waals surface area contributed by atoms with Gasteiger partial charge in [-0.15, -0.1) is 0 Å². The predicted octanol–water partition coefficient (Wildman–Crippen LogP) is 4.88. The molecule has 78 valence electrons. The lowest BCUT2D eigenvalue weighted by Gasteiger charge is -2.24. The van der Waals surface area contributed by atoms with E-state index in [2.05, 4.69) is 39.8 Å². The number of halogens is 1. The molecule has 0 heterocycles. The molecule has 0 fully saturated rings. The monoisotopic (exact) mass is 210 g/mol. The largest absolute Gasteiger partial charge is 0.0840 e. The van der Waals surface area contributed by atoms with Crippen LogP contribution in [0.4, 0.5) is 0 Å². The van der Waals surface area contributed by atoms with Crippen molar-refractivity contribution in [3.63, 3.8) is 0 Å². The topological polar surface area (TPSA) is 0 Å². The maximum atomic E-state index is 6.15. The van der Waals surface area contributed by atoms with Crippen LogP contribution >= 0.6 is 11.6 Å². The molecule has 0 radical (unpaired) electrons. The Hall–Kier alpha value is -0.490.